The zero-order chi connectivity index (χ0) is 38.3. The van der Waals surface area contributed by atoms with Gasteiger partial charge < -0.3 is 0 Å². The summed E-state index contributed by atoms with van der Waals surface area (Å²) in [6.45, 7) is 20.2. The molecule has 1 aliphatic carbocycles. The monoisotopic (exact) mass is 828 g/mol. The quantitative estimate of drug-likeness (QED) is 0.0945. The van der Waals surface area contributed by atoms with E-state index in [9.17, 15) is 0 Å². The second-order valence-corrected chi connectivity index (χ2v) is 20.7. The van der Waals surface area contributed by atoms with Gasteiger partial charge in [0.25, 0.3) is 0 Å². The van der Waals surface area contributed by atoms with E-state index in [0.717, 1.165) is 22.4 Å². The van der Waals surface area contributed by atoms with Crippen molar-refractivity contribution in [1.29, 1.82) is 0 Å². The molecule has 2 radical (unpaired) electrons. The average Bonchev–Trinajstić information content (AvgIpc) is 3.71. The minimum atomic E-state index is -0.826. The van der Waals surface area contributed by atoms with Gasteiger partial charge in [-0.15, -0.1) is 45.7 Å². The molecule has 7 aromatic carbocycles. The van der Waals surface area contributed by atoms with Crippen LogP contribution in [-0.4, -0.2) is 9.52 Å². The van der Waals surface area contributed by atoms with Crippen LogP contribution in [0.1, 0.15) is 82.7 Å². The summed E-state index contributed by atoms with van der Waals surface area (Å²) in [5.41, 5.74) is 12.9. The molecular weight excluding hydrogens is 779 g/mol. The zero-order valence-corrected chi connectivity index (χ0v) is 37.8. The molecule has 0 saturated carbocycles. The molecule has 0 spiro atoms. The van der Waals surface area contributed by atoms with Gasteiger partial charge in [0, 0.05) is 9.52 Å². The number of hydrogen-bond donors (Lipinski definition) is 0. The van der Waals surface area contributed by atoms with Crippen LogP contribution >= 0.6 is 17.0 Å². The van der Waals surface area contributed by atoms with Crippen molar-refractivity contribution in [3.8, 4) is 22.3 Å². The van der Waals surface area contributed by atoms with Crippen LogP contribution in [0.2, 0.25) is 13.1 Å². The van der Waals surface area contributed by atoms with Crippen molar-refractivity contribution in [1.82, 2.24) is 0 Å². The van der Waals surface area contributed by atoms with Crippen molar-refractivity contribution >= 4 is 58.9 Å². The van der Waals surface area contributed by atoms with Crippen LogP contribution in [0.15, 0.2) is 115 Å². The predicted molar refractivity (Wildman–Crippen MR) is 234 cm³/mol. The van der Waals surface area contributed by atoms with Gasteiger partial charge >= 0.3 is 37.9 Å². The van der Waals surface area contributed by atoms with Gasteiger partial charge in [0.15, 0.2) is 0 Å². The van der Waals surface area contributed by atoms with Crippen molar-refractivity contribution in [2.45, 2.75) is 91.7 Å². The fourth-order valence-electron chi connectivity index (χ4n) is 7.28. The Morgan fingerprint density at radius 3 is 1.87 bits per heavy atom. The van der Waals surface area contributed by atoms with Gasteiger partial charge in [-0.1, -0.05) is 152 Å². The Balaban J connectivity index is 0.000000181. The topological polar surface area (TPSA) is 0 Å². The fourth-order valence-corrected chi connectivity index (χ4v) is 7.28. The van der Waals surface area contributed by atoms with E-state index >= 15 is 0 Å². The van der Waals surface area contributed by atoms with Crippen LogP contribution in [0.5, 0.6) is 0 Å². The van der Waals surface area contributed by atoms with Crippen LogP contribution in [0.3, 0.4) is 0 Å². The molecule has 0 amide bonds. The van der Waals surface area contributed by atoms with Crippen LogP contribution in [-0.2, 0) is 44.5 Å². The van der Waals surface area contributed by atoms with Gasteiger partial charge in [-0.3, -0.25) is 0 Å². The van der Waals surface area contributed by atoms with Crippen LogP contribution in [0, 0.1) is 6.07 Å². The van der Waals surface area contributed by atoms with E-state index in [4.69, 9.17) is 17.0 Å². The van der Waals surface area contributed by atoms with Gasteiger partial charge in [0.1, 0.15) is 0 Å². The third kappa shape index (κ3) is 9.69. The van der Waals surface area contributed by atoms with E-state index < -0.39 is 20.8 Å². The number of benzene rings is 6. The summed E-state index contributed by atoms with van der Waals surface area (Å²) >= 11 is -0.826. The molecule has 0 saturated heterocycles. The first-order chi connectivity index (χ1) is 25.3. The summed E-state index contributed by atoms with van der Waals surface area (Å²) in [5, 5.41) is 7.99. The van der Waals surface area contributed by atoms with Crippen molar-refractivity contribution in [3.05, 3.63) is 149 Å². The summed E-state index contributed by atoms with van der Waals surface area (Å²) in [6.07, 6.45) is 3.35. The second-order valence-electron chi connectivity index (χ2n) is 16.0. The number of halogens is 2. The number of aryl methyl sites for hydroxylation is 1. The Labute approximate surface area is 340 Å². The molecule has 8 rings (SSSR count). The molecule has 0 unspecified atom stereocenters. The van der Waals surface area contributed by atoms with Gasteiger partial charge in [-0.25, -0.2) is 0 Å². The molecule has 0 nitrogen and oxygen atoms in total. The van der Waals surface area contributed by atoms with Crippen LogP contribution in [0.25, 0.3) is 54.6 Å². The molecule has 0 aliphatic heterocycles. The average molecular weight is 831 g/mol. The fraction of sp³-hybridized carbons (Fsp3) is 0.286. The Morgan fingerprint density at radius 1 is 0.679 bits per heavy atom. The van der Waals surface area contributed by atoms with E-state index in [1.54, 1.807) is 0 Å². The molecule has 0 atom stereocenters. The standard InChI is InChI=1S/C26H21.C21H25.C2H6Si.2ClH.Zr/c1-2-8-18-15-19-11-7-14-24(25(19)16-18)26-22-12-5-3-9-20(22)17-21-10-4-6-13-23(21)26;1-20(2,3)16-7-9-18-14(12-16)11-15-13-17(21(4,5)6)8-10-19(15)18;1-3-2;;;/h3-7,9-17H,2,8H2,1H3;7-10,12H,11H2,1-6H3;1-2H3;2*1H;/q2*-1;;;;+4/p-2. The van der Waals surface area contributed by atoms with Crippen LogP contribution < -0.4 is 0 Å². The maximum absolute atomic E-state index is 4.93. The van der Waals surface area contributed by atoms with E-state index in [1.807, 2.05) is 0 Å². The molecule has 270 valence electrons. The first-order valence-electron chi connectivity index (χ1n) is 18.7. The molecule has 4 heteroatoms. The first kappa shape index (κ1) is 41.3. The number of fused-ring (bicyclic) bond motifs is 6. The zero-order valence-electron chi connectivity index (χ0n) is 32.8. The van der Waals surface area contributed by atoms with E-state index in [0.29, 0.717) is 0 Å². The van der Waals surface area contributed by atoms with Crippen molar-refractivity contribution < 1.29 is 20.8 Å². The normalized spacial score (nSPS) is 11.8. The number of rotatable bonds is 3. The molecule has 0 aromatic heterocycles. The van der Waals surface area contributed by atoms with Crippen molar-refractivity contribution in [2.24, 2.45) is 0 Å². The minimum absolute atomic E-state index is 0.167. The van der Waals surface area contributed by atoms with Gasteiger partial charge in [-0.05, 0) is 68.0 Å². The summed E-state index contributed by atoms with van der Waals surface area (Å²) in [4.78, 5) is 0. The summed E-state index contributed by atoms with van der Waals surface area (Å²) in [6, 6.07) is 46.5. The first-order valence-corrected chi connectivity index (χ1v) is 27.0. The Bertz CT molecular complexity index is 2180. The van der Waals surface area contributed by atoms with E-state index in [1.165, 1.54) is 88.8 Å². The van der Waals surface area contributed by atoms with Crippen molar-refractivity contribution in [2.75, 3.05) is 0 Å². The molecule has 53 heavy (non-hydrogen) atoms. The summed E-state index contributed by atoms with van der Waals surface area (Å²) in [5.74, 6) is 0. The summed E-state index contributed by atoms with van der Waals surface area (Å²) in [7, 11) is 11.0. The van der Waals surface area contributed by atoms with Crippen molar-refractivity contribution in [3.63, 3.8) is 0 Å². The van der Waals surface area contributed by atoms with Gasteiger partial charge in [0.05, 0.1) is 0 Å². The Kier molecular flexibility index (Phi) is 14.2. The molecule has 0 heterocycles. The molecule has 7 aromatic rings. The molecular formula is C49H52Cl2SiZr. The third-order valence-electron chi connectivity index (χ3n) is 9.85. The maximum atomic E-state index is 4.93. The van der Waals surface area contributed by atoms with E-state index in [-0.39, 0.29) is 10.8 Å². The second kappa shape index (κ2) is 18.2. The SMILES string of the molecule is CC(C)(C)c1[c-]c2c(cc1)-c1ccc(C(C)(C)C)cc1C2.CCCc1cc2c(-c3c4ccccc4cc4ccccc34)cccc2[cH-]1.C[Si]C.[Cl][Zr+2][Cl]. The molecule has 1 aliphatic rings. The predicted octanol–water partition coefficient (Wildman–Crippen LogP) is 15.3. The molecule has 0 bridgehead atoms. The van der Waals surface area contributed by atoms with Gasteiger partial charge in [0.2, 0.25) is 0 Å². The number of hydrogen-bond acceptors (Lipinski definition) is 0. The van der Waals surface area contributed by atoms with Gasteiger partial charge in [-0.2, -0.15) is 29.8 Å². The van der Waals surface area contributed by atoms with E-state index in [2.05, 4.69) is 183 Å². The Hall–Kier alpha value is -2.87. The third-order valence-corrected chi connectivity index (χ3v) is 9.85. The molecule has 0 N–H and O–H groups in total. The molecule has 0 fully saturated rings. The van der Waals surface area contributed by atoms with Crippen LogP contribution in [0.4, 0.5) is 0 Å². The summed E-state index contributed by atoms with van der Waals surface area (Å²) < 4.78 is 0. The Morgan fingerprint density at radius 2 is 1.28 bits per heavy atom.